The Morgan fingerprint density at radius 3 is 2.09 bits per heavy atom. The zero-order valence-electron chi connectivity index (χ0n) is 12.7. The average molecular weight is 318 g/mol. The Bertz CT molecular complexity index is 651. The first-order valence-corrected chi connectivity index (χ1v) is 7.06. The highest BCUT2D eigenvalue weighted by Gasteiger charge is 2.09. The summed E-state index contributed by atoms with van der Waals surface area (Å²) in [6, 6.07) is 11.4. The van der Waals surface area contributed by atoms with Crippen molar-refractivity contribution >= 4 is 5.97 Å². The van der Waals surface area contributed by atoms with Gasteiger partial charge in [-0.15, -0.1) is 0 Å². The van der Waals surface area contributed by atoms with Crippen molar-refractivity contribution in [2.24, 2.45) is 0 Å². The Morgan fingerprint density at radius 1 is 0.957 bits per heavy atom. The minimum Gasteiger partial charge on any atom is -0.507 e. The number of carbonyl (C=O) groups is 1. The van der Waals surface area contributed by atoms with Gasteiger partial charge in [0.05, 0.1) is 20.3 Å². The molecule has 0 aliphatic carbocycles. The standard InChI is InChI=1S/C17H18O6/c1-21-12-3-5-13(6-4-12)22-9-2-10-23-14-7-8-15(17(19)20)16(18)11-14/h3-8,11,18H,2,9-10H2,1H3,(H,19,20). The van der Waals surface area contributed by atoms with Crippen LogP contribution in [0.3, 0.4) is 0 Å². The van der Waals surface area contributed by atoms with Gasteiger partial charge in [-0.05, 0) is 36.4 Å². The first-order chi connectivity index (χ1) is 11.1. The van der Waals surface area contributed by atoms with Crippen molar-refractivity contribution in [2.45, 2.75) is 6.42 Å². The lowest BCUT2D eigenvalue weighted by atomic mass is 10.2. The lowest BCUT2D eigenvalue weighted by Gasteiger charge is -2.09. The summed E-state index contributed by atoms with van der Waals surface area (Å²) in [6.45, 7) is 0.869. The zero-order valence-corrected chi connectivity index (χ0v) is 12.7. The van der Waals surface area contributed by atoms with E-state index in [-0.39, 0.29) is 11.3 Å². The van der Waals surface area contributed by atoms with E-state index in [0.29, 0.717) is 25.4 Å². The summed E-state index contributed by atoms with van der Waals surface area (Å²) >= 11 is 0. The van der Waals surface area contributed by atoms with E-state index < -0.39 is 5.97 Å². The molecule has 2 N–H and O–H groups in total. The number of ether oxygens (including phenoxy) is 3. The van der Waals surface area contributed by atoms with E-state index in [9.17, 15) is 9.90 Å². The molecule has 6 heteroatoms. The number of aromatic carboxylic acids is 1. The maximum absolute atomic E-state index is 10.8. The molecule has 0 aromatic heterocycles. The maximum Gasteiger partial charge on any atom is 0.339 e. The molecule has 122 valence electrons. The average Bonchev–Trinajstić information content (AvgIpc) is 2.55. The second-order valence-corrected chi connectivity index (χ2v) is 4.71. The van der Waals surface area contributed by atoms with Gasteiger partial charge < -0.3 is 24.4 Å². The molecule has 0 bridgehead atoms. The van der Waals surface area contributed by atoms with Crippen LogP contribution in [-0.4, -0.2) is 36.5 Å². The molecular formula is C17H18O6. The van der Waals surface area contributed by atoms with Crippen molar-refractivity contribution in [2.75, 3.05) is 20.3 Å². The van der Waals surface area contributed by atoms with Crippen LogP contribution in [0.1, 0.15) is 16.8 Å². The quantitative estimate of drug-likeness (QED) is 0.728. The number of rotatable bonds is 8. The van der Waals surface area contributed by atoms with E-state index in [1.54, 1.807) is 7.11 Å². The fourth-order valence-corrected chi connectivity index (χ4v) is 1.89. The van der Waals surface area contributed by atoms with Gasteiger partial charge in [0.25, 0.3) is 0 Å². The Hall–Kier alpha value is -2.89. The fraction of sp³-hybridized carbons (Fsp3) is 0.235. The van der Waals surface area contributed by atoms with Gasteiger partial charge in [0.15, 0.2) is 0 Å². The molecule has 2 aromatic rings. The molecule has 0 spiro atoms. The van der Waals surface area contributed by atoms with Gasteiger partial charge in [0.1, 0.15) is 28.6 Å². The minimum atomic E-state index is -1.18. The molecule has 2 rings (SSSR count). The van der Waals surface area contributed by atoms with Crippen molar-refractivity contribution in [3.63, 3.8) is 0 Å². The summed E-state index contributed by atoms with van der Waals surface area (Å²) in [6.07, 6.45) is 0.646. The summed E-state index contributed by atoms with van der Waals surface area (Å²) in [7, 11) is 1.61. The fourth-order valence-electron chi connectivity index (χ4n) is 1.89. The van der Waals surface area contributed by atoms with Crippen molar-refractivity contribution in [3.05, 3.63) is 48.0 Å². The van der Waals surface area contributed by atoms with Gasteiger partial charge in [-0.2, -0.15) is 0 Å². The van der Waals surface area contributed by atoms with E-state index in [1.807, 2.05) is 24.3 Å². The molecule has 0 aliphatic heterocycles. The lowest BCUT2D eigenvalue weighted by molar-refractivity contribution is 0.0693. The summed E-state index contributed by atoms with van der Waals surface area (Å²) < 4.78 is 16.1. The highest BCUT2D eigenvalue weighted by Crippen LogP contribution is 2.23. The number of aromatic hydroxyl groups is 1. The van der Waals surface area contributed by atoms with Crippen LogP contribution in [0.2, 0.25) is 0 Å². The number of benzene rings is 2. The van der Waals surface area contributed by atoms with Crippen molar-refractivity contribution < 1.29 is 29.2 Å². The Kier molecular flexibility index (Phi) is 5.68. The topological polar surface area (TPSA) is 85.2 Å². The Labute approximate surface area is 133 Å². The molecule has 0 aliphatic rings. The molecule has 0 amide bonds. The van der Waals surface area contributed by atoms with E-state index in [2.05, 4.69) is 0 Å². The van der Waals surface area contributed by atoms with E-state index >= 15 is 0 Å². The van der Waals surface area contributed by atoms with Crippen molar-refractivity contribution in [1.29, 1.82) is 0 Å². The summed E-state index contributed by atoms with van der Waals surface area (Å²) in [4.78, 5) is 10.8. The van der Waals surface area contributed by atoms with Gasteiger partial charge in [-0.25, -0.2) is 4.79 Å². The van der Waals surface area contributed by atoms with Crippen LogP contribution in [0.5, 0.6) is 23.0 Å². The number of carboxylic acids is 1. The molecule has 0 radical (unpaired) electrons. The van der Waals surface area contributed by atoms with E-state index in [0.717, 1.165) is 11.5 Å². The molecular weight excluding hydrogens is 300 g/mol. The second kappa shape index (κ2) is 7.93. The predicted molar refractivity (Wildman–Crippen MR) is 83.7 cm³/mol. The molecule has 0 atom stereocenters. The highest BCUT2D eigenvalue weighted by atomic mass is 16.5. The van der Waals surface area contributed by atoms with Crippen LogP contribution in [0, 0.1) is 0 Å². The minimum absolute atomic E-state index is 0.153. The van der Waals surface area contributed by atoms with Crippen LogP contribution >= 0.6 is 0 Å². The molecule has 2 aromatic carbocycles. The zero-order chi connectivity index (χ0) is 16.7. The van der Waals surface area contributed by atoms with Gasteiger partial charge >= 0.3 is 5.97 Å². The molecule has 23 heavy (non-hydrogen) atoms. The molecule has 0 saturated heterocycles. The normalized spacial score (nSPS) is 10.1. The molecule has 0 unspecified atom stereocenters. The third-order valence-electron chi connectivity index (χ3n) is 3.09. The Morgan fingerprint density at radius 2 is 1.52 bits per heavy atom. The molecule has 0 saturated carbocycles. The maximum atomic E-state index is 10.8. The third kappa shape index (κ3) is 4.81. The van der Waals surface area contributed by atoms with Crippen LogP contribution < -0.4 is 14.2 Å². The number of carboxylic acid groups (broad SMARTS) is 1. The van der Waals surface area contributed by atoms with Gasteiger partial charge in [-0.3, -0.25) is 0 Å². The summed E-state index contributed by atoms with van der Waals surface area (Å²) in [5, 5.41) is 18.4. The van der Waals surface area contributed by atoms with Crippen LogP contribution in [0.4, 0.5) is 0 Å². The first-order valence-electron chi connectivity index (χ1n) is 7.06. The number of phenols is 1. The van der Waals surface area contributed by atoms with Crippen molar-refractivity contribution in [3.8, 4) is 23.0 Å². The molecule has 0 fully saturated rings. The Balaban J connectivity index is 1.72. The molecule has 6 nitrogen and oxygen atoms in total. The first kappa shape index (κ1) is 16.5. The largest absolute Gasteiger partial charge is 0.507 e. The summed E-state index contributed by atoms with van der Waals surface area (Å²) in [5.74, 6) is 0.433. The smallest absolute Gasteiger partial charge is 0.339 e. The lowest BCUT2D eigenvalue weighted by Crippen LogP contribution is -2.05. The second-order valence-electron chi connectivity index (χ2n) is 4.71. The van der Waals surface area contributed by atoms with Crippen LogP contribution in [0.25, 0.3) is 0 Å². The number of hydrogen-bond acceptors (Lipinski definition) is 5. The summed E-state index contributed by atoms with van der Waals surface area (Å²) in [5.41, 5.74) is -0.153. The number of hydrogen-bond donors (Lipinski definition) is 2. The van der Waals surface area contributed by atoms with Crippen LogP contribution in [-0.2, 0) is 0 Å². The highest BCUT2D eigenvalue weighted by molar-refractivity contribution is 5.90. The van der Waals surface area contributed by atoms with Gasteiger partial charge in [-0.1, -0.05) is 0 Å². The predicted octanol–water partition coefficient (Wildman–Crippen LogP) is 2.95. The van der Waals surface area contributed by atoms with E-state index in [4.69, 9.17) is 19.3 Å². The third-order valence-corrected chi connectivity index (χ3v) is 3.09. The van der Waals surface area contributed by atoms with Gasteiger partial charge in [0, 0.05) is 12.5 Å². The monoisotopic (exact) mass is 318 g/mol. The molecule has 0 heterocycles. The number of methoxy groups -OCH3 is 1. The SMILES string of the molecule is COc1ccc(OCCCOc2ccc(C(=O)O)c(O)c2)cc1. The van der Waals surface area contributed by atoms with E-state index in [1.165, 1.54) is 18.2 Å². The van der Waals surface area contributed by atoms with Crippen molar-refractivity contribution in [1.82, 2.24) is 0 Å². The van der Waals surface area contributed by atoms with Gasteiger partial charge in [0.2, 0.25) is 0 Å². The van der Waals surface area contributed by atoms with Crippen LogP contribution in [0.15, 0.2) is 42.5 Å².